The van der Waals surface area contributed by atoms with Crippen molar-refractivity contribution in [1.82, 2.24) is 0 Å². The van der Waals surface area contributed by atoms with E-state index in [9.17, 15) is 4.79 Å². The zero-order chi connectivity index (χ0) is 13.5. The van der Waals surface area contributed by atoms with E-state index in [1.54, 1.807) is 0 Å². The quantitative estimate of drug-likeness (QED) is 0.432. The Morgan fingerprint density at radius 3 is 2.24 bits per heavy atom. The van der Waals surface area contributed by atoms with Crippen LogP contribution in [-0.4, -0.2) is 17.5 Å². The van der Waals surface area contributed by atoms with Gasteiger partial charge in [0.2, 0.25) is 0 Å². The van der Waals surface area contributed by atoms with E-state index in [2.05, 4.69) is 18.7 Å². The number of unbranched alkanes of at least 4 members (excludes halogenated alkanes) is 1. The summed E-state index contributed by atoms with van der Waals surface area (Å²) in [5, 5.41) is 8.31. The molecule has 0 rings (SSSR count). The molecule has 0 aromatic heterocycles. The van der Waals surface area contributed by atoms with Gasteiger partial charge in [-0.25, -0.2) is 4.79 Å². The smallest absolute Gasteiger partial charge is 0.428 e. The minimum absolute atomic E-state index is 0.164. The first-order chi connectivity index (χ1) is 7.86. The van der Waals surface area contributed by atoms with Gasteiger partial charge in [0.05, 0.1) is 0 Å². The second-order valence-electron chi connectivity index (χ2n) is 5.56. The van der Waals surface area contributed by atoms with Gasteiger partial charge < -0.3 is 4.74 Å². The van der Waals surface area contributed by atoms with Crippen molar-refractivity contribution in [2.45, 2.75) is 66.4 Å². The van der Waals surface area contributed by atoms with Gasteiger partial charge in [-0.1, -0.05) is 47.5 Å². The molecule has 0 aliphatic rings. The lowest BCUT2D eigenvalue weighted by molar-refractivity contribution is -0.212. The predicted molar refractivity (Wildman–Crippen MR) is 66.7 cm³/mol. The summed E-state index contributed by atoms with van der Waals surface area (Å²) in [5.74, 6) is 0.300. The van der Waals surface area contributed by atoms with Crippen molar-refractivity contribution in [3.05, 3.63) is 0 Å². The van der Waals surface area contributed by atoms with E-state index in [0.29, 0.717) is 5.92 Å². The molecule has 0 aromatic carbocycles. The van der Waals surface area contributed by atoms with Gasteiger partial charge >= 0.3 is 6.16 Å². The second-order valence-corrected chi connectivity index (χ2v) is 5.56. The molecule has 0 radical (unpaired) electrons. The Kier molecular flexibility index (Phi) is 7.19. The standard InChI is InChI=1S/C13H26O4/c1-6-8-9-10(7-2)11(13(3,4)5)16-12(14)17-15/h10-11,15H,6-9H2,1-5H3. The topological polar surface area (TPSA) is 55.8 Å². The zero-order valence-electron chi connectivity index (χ0n) is 11.7. The molecule has 2 atom stereocenters. The molecule has 4 heteroatoms. The molecule has 102 valence electrons. The summed E-state index contributed by atoms with van der Waals surface area (Å²) in [7, 11) is 0. The molecule has 1 N–H and O–H groups in total. The Labute approximate surface area is 104 Å². The molecule has 0 amide bonds. The molecule has 0 bridgehead atoms. The maximum atomic E-state index is 11.1. The Hall–Kier alpha value is -0.770. The van der Waals surface area contributed by atoms with Crippen LogP contribution in [-0.2, 0) is 9.62 Å². The Morgan fingerprint density at radius 2 is 1.88 bits per heavy atom. The van der Waals surface area contributed by atoms with Crippen molar-refractivity contribution in [2.75, 3.05) is 0 Å². The number of hydrogen-bond donors (Lipinski definition) is 1. The maximum absolute atomic E-state index is 11.1. The molecule has 0 aliphatic carbocycles. The van der Waals surface area contributed by atoms with Crippen LogP contribution in [0.15, 0.2) is 0 Å². The lowest BCUT2D eigenvalue weighted by Crippen LogP contribution is -2.38. The van der Waals surface area contributed by atoms with Crippen molar-refractivity contribution in [1.29, 1.82) is 0 Å². The van der Waals surface area contributed by atoms with Gasteiger partial charge in [-0.05, 0) is 24.2 Å². The summed E-state index contributed by atoms with van der Waals surface area (Å²) in [6, 6.07) is 0. The fraction of sp³-hybridized carbons (Fsp3) is 0.923. The summed E-state index contributed by atoms with van der Waals surface area (Å²) >= 11 is 0. The van der Waals surface area contributed by atoms with Crippen LogP contribution in [0.25, 0.3) is 0 Å². The Balaban J connectivity index is 4.69. The highest BCUT2D eigenvalue weighted by atomic mass is 17.1. The lowest BCUT2D eigenvalue weighted by atomic mass is 9.78. The fourth-order valence-electron chi connectivity index (χ4n) is 2.14. The van der Waals surface area contributed by atoms with Gasteiger partial charge in [0.1, 0.15) is 6.10 Å². The third-order valence-electron chi connectivity index (χ3n) is 3.03. The highest BCUT2D eigenvalue weighted by Gasteiger charge is 2.34. The zero-order valence-corrected chi connectivity index (χ0v) is 11.7. The third-order valence-corrected chi connectivity index (χ3v) is 3.03. The van der Waals surface area contributed by atoms with E-state index < -0.39 is 6.16 Å². The van der Waals surface area contributed by atoms with Crippen LogP contribution < -0.4 is 0 Å². The van der Waals surface area contributed by atoms with E-state index in [-0.39, 0.29) is 11.5 Å². The van der Waals surface area contributed by atoms with Gasteiger partial charge in [0.15, 0.2) is 0 Å². The highest BCUT2D eigenvalue weighted by Crippen LogP contribution is 2.33. The average Bonchev–Trinajstić information content (AvgIpc) is 2.26. The summed E-state index contributed by atoms with van der Waals surface area (Å²) in [4.78, 5) is 14.7. The molecule has 0 spiro atoms. The minimum Gasteiger partial charge on any atom is -0.428 e. The van der Waals surface area contributed by atoms with Crippen LogP contribution in [0.3, 0.4) is 0 Å². The fourth-order valence-corrected chi connectivity index (χ4v) is 2.14. The van der Waals surface area contributed by atoms with Gasteiger partial charge in [-0.15, -0.1) is 0 Å². The number of rotatable bonds is 6. The molecule has 4 nitrogen and oxygen atoms in total. The SMILES string of the molecule is CCCCC(CC)C(OC(=O)OO)C(C)(C)C. The molecular formula is C13H26O4. The van der Waals surface area contributed by atoms with Crippen LogP contribution in [0.4, 0.5) is 4.79 Å². The second kappa shape index (κ2) is 7.54. The predicted octanol–water partition coefficient (Wildman–Crippen LogP) is 4.24. The van der Waals surface area contributed by atoms with Crippen molar-refractivity contribution >= 4 is 6.16 Å². The molecule has 0 saturated carbocycles. The number of carbonyl (C=O) groups excluding carboxylic acids is 1. The number of hydrogen-bond acceptors (Lipinski definition) is 4. The lowest BCUT2D eigenvalue weighted by Gasteiger charge is -2.35. The van der Waals surface area contributed by atoms with Crippen LogP contribution in [0, 0.1) is 11.3 Å². The minimum atomic E-state index is -1.01. The van der Waals surface area contributed by atoms with Crippen LogP contribution in [0.5, 0.6) is 0 Å². The van der Waals surface area contributed by atoms with Crippen molar-refractivity contribution in [3.63, 3.8) is 0 Å². The molecule has 0 aromatic rings. The van der Waals surface area contributed by atoms with E-state index in [4.69, 9.17) is 9.99 Å². The van der Waals surface area contributed by atoms with E-state index >= 15 is 0 Å². The molecular weight excluding hydrogens is 220 g/mol. The van der Waals surface area contributed by atoms with Crippen LogP contribution in [0.1, 0.15) is 60.3 Å². The van der Waals surface area contributed by atoms with Crippen LogP contribution >= 0.6 is 0 Å². The van der Waals surface area contributed by atoms with Gasteiger partial charge in [0.25, 0.3) is 0 Å². The summed E-state index contributed by atoms with van der Waals surface area (Å²) in [6.45, 7) is 10.3. The van der Waals surface area contributed by atoms with E-state index in [1.807, 2.05) is 20.8 Å². The summed E-state index contributed by atoms with van der Waals surface area (Å²) < 4.78 is 5.20. The normalized spacial score (nSPS) is 15.2. The molecule has 0 aliphatic heterocycles. The molecule has 0 saturated heterocycles. The van der Waals surface area contributed by atoms with E-state index in [1.165, 1.54) is 0 Å². The largest absolute Gasteiger partial charge is 0.540 e. The van der Waals surface area contributed by atoms with Crippen molar-refractivity contribution in [3.8, 4) is 0 Å². The Bertz CT molecular complexity index is 220. The van der Waals surface area contributed by atoms with Gasteiger partial charge in [-0.3, -0.25) is 4.89 Å². The van der Waals surface area contributed by atoms with Crippen molar-refractivity contribution in [2.24, 2.45) is 11.3 Å². The molecule has 17 heavy (non-hydrogen) atoms. The highest BCUT2D eigenvalue weighted by molar-refractivity contribution is 5.59. The van der Waals surface area contributed by atoms with Crippen LogP contribution in [0.2, 0.25) is 0 Å². The third kappa shape index (κ3) is 5.91. The molecule has 2 unspecified atom stereocenters. The summed E-state index contributed by atoms with van der Waals surface area (Å²) in [6.07, 6.45) is 2.95. The average molecular weight is 246 g/mol. The summed E-state index contributed by atoms with van der Waals surface area (Å²) in [5.41, 5.74) is -0.164. The molecule has 0 fully saturated rings. The molecule has 0 heterocycles. The number of ether oxygens (including phenoxy) is 1. The first-order valence-electron chi connectivity index (χ1n) is 6.38. The first kappa shape index (κ1) is 16.2. The van der Waals surface area contributed by atoms with Crippen molar-refractivity contribution < 1.29 is 19.7 Å². The Morgan fingerprint density at radius 1 is 1.29 bits per heavy atom. The maximum Gasteiger partial charge on any atom is 0.540 e. The van der Waals surface area contributed by atoms with Gasteiger partial charge in [-0.2, -0.15) is 5.26 Å². The van der Waals surface area contributed by atoms with Gasteiger partial charge in [0, 0.05) is 0 Å². The monoisotopic (exact) mass is 246 g/mol. The first-order valence-corrected chi connectivity index (χ1v) is 6.38. The number of carbonyl (C=O) groups is 1. The van der Waals surface area contributed by atoms with E-state index in [0.717, 1.165) is 25.7 Å².